The quantitative estimate of drug-likeness (QED) is 0.236. The van der Waals surface area contributed by atoms with Crippen LogP contribution in [0.2, 0.25) is 0 Å². The fourth-order valence-electron chi connectivity index (χ4n) is 3.20. The van der Waals surface area contributed by atoms with E-state index in [-0.39, 0.29) is 57.3 Å². The summed E-state index contributed by atoms with van der Waals surface area (Å²) in [5, 5.41) is 14.7. The Hall–Kier alpha value is -2.03. The summed E-state index contributed by atoms with van der Waals surface area (Å²) in [5.74, 6) is -0.216. The summed E-state index contributed by atoms with van der Waals surface area (Å²) >= 11 is 0. The number of benzene rings is 2. The number of hydrogen-bond donors (Lipinski definition) is 4. The van der Waals surface area contributed by atoms with Crippen molar-refractivity contribution in [2.24, 2.45) is 0 Å². The smallest absolute Gasteiger partial charge is 0.645 e. The van der Waals surface area contributed by atoms with Gasteiger partial charge in [0.25, 0.3) is 5.91 Å². The molecular formula is C28H41KN6O5. The molecule has 11 nitrogen and oxygen atoms in total. The average Bonchev–Trinajstić information content (AvgIpc) is 2.82. The Balaban J connectivity index is 0.00000800. The largest absolute Gasteiger partial charge is 1.00 e. The topological polar surface area (TPSA) is 135 Å². The van der Waals surface area contributed by atoms with Crippen LogP contribution in [0.4, 0.5) is 21.0 Å². The first-order valence-corrected chi connectivity index (χ1v) is 12.8. The predicted octanol–water partition coefficient (Wildman–Crippen LogP) is 2.08. The molecular weight excluding hydrogens is 539 g/mol. The average molecular weight is 581 g/mol. The Morgan fingerprint density at radius 3 is 1.73 bits per heavy atom. The molecule has 0 aromatic heterocycles. The fraction of sp³-hybridized carbons (Fsp3) is 0.464. The van der Waals surface area contributed by atoms with E-state index in [1.165, 1.54) is 0 Å². The number of ether oxygens (including phenoxy) is 2. The van der Waals surface area contributed by atoms with Crippen molar-refractivity contribution in [1.82, 2.24) is 15.8 Å². The van der Waals surface area contributed by atoms with Crippen LogP contribution in [0.5, 0.6) is 0 Å². The number of hydrazine groups is 1. The van der Waals surface area contributed by atoms with Crippen molar-refractivity contribution in [3.63, 3.8) is 0 Å². The van der Waals surface area contributed by atoms with Crippen LogP contribution in [-0.2, 0) is 16.0 Å². The van der Waals surface area contributed by atoms with Crippen molar-refractivity contribution in [1.29, 1.82) is 0 Å². The Bertz CT molecular complexity index is 1080. The van der Waals surface area contributed by atoms with Crippen molar-refractivity contribution < 1.29 is 75.2 Å². The van der Waals surface area contributed by atoms with E-state index in [0.29, 0.717) is 43.2 Å². The number of rotatable bonds is 11. The van der Waals surface area contributed by atoms with Gasteiger partial charge < -0.3 is 20.1 Å². The zero-order valence-electron chi connectivity index (χ0n) is 24.9. The molecule has 40 heavy (non-hydrogen) atoms. The van der Waals surface area contributed by atoms with Crippen LogP contribution in [0.15, 0.2) is 48.5 Å². The van der Waals surface area contributed by atoms with E-state index >= 15 is 0 Å². The van der Waals surface area contributed by atoms with Crippen LogP contribution in [-0.4, -0.2) is 61.1 Å². The first-order chi connectivity index (χ1) is 18.2. The van der Waals surface area contributed by atoms with E-state index < -0.39 is 23.4 Å². The summed E-state index contributed by atoms with van der Waals surface area (Å²) in [7, 11) is 1.80. The third-order valence-electron chi connectivity index (χ3n) is 4.94. The minimum atomic E-state index is -0.591. The molecule has 0 saturated carbocycles. The van der Waals surface area contributed by atoms with Gasteiger partial charge in [-0.1, -0.05) is 24.4 Å². The monoisotopic (exact) mass is 580 g/mol. The zero-order chi connectivity index (χ0) is 29.1. The zero-order valence-corrected chi connectivity index (χ0v) is 28.0. The van der Waals surface area contributed by atoms with Gasteiger partial charge in [0.1, 0.15) is 11.2 Å². The molecule has 0 aliphatic rings. The van der Waals surface area contributed by atoms with E-state index in [0.717, 1.165) is 5.56 Å². The van der Waals surface area contributed by atoms with Gasteiger partial charge in [-0.15, -0.1) is 6.54 Å². The summed E-state index contributed by atoms with van der Waals surface area (Å²) in [6.07, 6.45) is -1.05. The summed E-state index contributed by atoms with van der Waals surface area (Å²) in [5.41, 5.74) is 4.59. The molecule has 0 unspecified atom stereocenters. The van der Waals surface area contributed by atoms with E-state index in [4.69, 9.17) is 9.47 Å². The first-order valence-electron chi connectivity index (χ1n) is 12.8. The van der Waals surface area contributed by atoms with Crippen LogP contribution in [0.1, 0.15) is 57.5 Å². The second-order valence-electron chi connectivity index (χ2n) is 10.8. The maximum atomic E-state index is 12.5. The number of carbonyl (C=O) groups is 3. The van der Waals surface area contributed by atoms with Gasteiger partial charge >= 0.3 is 63.6 Å². The van der Waals surface area contributed by atoms with Crippen molar-refractivity contribution in [2.75, 3.05) is 37.4 Å². The summed E-state index contributed by atoms with van der Waals surface area (Å²) in [6, 6.07) is 14.0. The summed E-state index contributed by atoms with van der Waals surface area (Å²) in [6.45, 7) is 12.7. The molecule has 2 rings (SSSR count). The molecule has 4 N–H and O–H groups in total. The molecule has 0 aliphatic carbocycles. The molecule has 0 aliphatic heterocycles. The Morgan fingerprint density at radius 1 is 0.800 bits per heavy atom. The molecule has 0 heterocycles. The van der Waals surface area contributed by atoms with Crippen LogP contribution in [0.25, 0.3) is 5.32 Å². The molecule has 0 spiro atoms. The summed E-state index contributed by atoms with van der Waals surface area (Å²) < 4.78 is 10.5. The SMILES string of the molecule is CNN(CCNC(=O)c1ccc(NC(=O)OC(C)(C)C)cc1)C[N-]Cc1ccc(NC(=O)OC(C)(C)C)cc1.[K+]. The number of nitrogens with zero attached hydrogens (tertiary/aromatic N) is 2. The number of hydrogen-bond acceptors (Lipinski definition) is 7. The van der Waals surface area contributed by atoms with Gasteiger partial charge in [-0.05, 0) is 85.0 Å². The van der Waals surface area contributed by atoms with Crippen LogP contribution in [0.3, 0.4) is 0 Å². The molecule has 0 radical (unpaired) electrons. The van der Waals surface area contributed by atoms with E-state index in [1.54, 1.807) is 64.2 Å². The van der Waals surface area contributed by atoms with E-state index in [9.17, 15) is 14.4 Å². The number of nitrogens with one attached hydrogen (secondary N) is 4. The van der Waals surface area contributed by atoms with Gasteiger partial charge in [0.05, 0.1) is 0 Å². The normalized spacial score (nSPS) is 11.3. The van der Waals surface area contributed by atoms with E-state index in [2.05, 4.69) is 26.7 Å². The minimum Gasteiger partial charge on any atom is -0.645 e. The van der Waals surface area contributed by atoms with Gasteiger partial charge in [-0.2, -0.15) is 0 Å². The molecule has 0 saturated heterocycles. The van der Waals surface area contributed by atoms with Crippen LogP contribution in [0, 0.1) is 0 Å². The van der Waals surface area contributed by atoms with Crippen molar-refractivity contribution in [3.8, 4) is 0 Å². The fourth-order valence-corrected chi connectivity index (χ4v) is 3.20. The molecule has 0 fully saturated rings. The second-order valence-corrected chi connectivity index (χ2v) is 10.8. The maximum Gasteiger partial charge on any atom is 1.00 e. The summed E-state index contributed by atoms with van der Waals surface area (Å²) in [4.78, 5) is 36.2. The Morgan fingerprint density at radius 2 is 1.27 bits per heavy atom. The third-order valence-corrected chi connectivity index (χ3v) is 4.94. The molecule has 214 valence electrons. The number of carbonyl (C=O) groups excluding carboxylic acids is 3. The molecule has 0 atom stereocenters. The minimum absolute atomic E-state index is 0. The van der Waals surface area contributed by atoms with Crippen molar-refractivity contribution in [3.05, 3.63) is 65.0 Å². The molecule has 2 aromatic rings. The third kappa shape index (κ3) is 15.1. The van der Waals surface area contributed by atoms with Gasteiger partial charge in [-0.25, -0.2) is 9.59 Å². The first kappa shape index (κ1) is 36.0. The standard InChI is InChI=1S/C28H41N6O5.K/c1-27(2,3)38-25(36)32-22-12-8-20(9-13-22)18-30-19-34(29-7)17-16-31-24(35)21-10-14-23(15-11-21)33-26(37)39-28(4,5)6;/h8-15,29H,16-19H2,1-7H3,(H,31,35)(H,32,36)(H,33,37);/q-1;+1. The van der Waals surface area contributed by atoms with Gasteiger partial charge in [0, 0.05) is 30.0 Å². The molecule has 12 heteroatoms. The Labute approximate surface area is 279 Å². The van der Waals surface area contributed by atoms with E-state index in [1.807, 2.05) is 37.9 Å². The van der Waals surface area contributed by atoms with Crippen molar-refractivity contribution in [2.45, 2.75) is 59.3 Å². The van der Waals surface area contributed by atoms with Gasteiger partial charge in [0.15, 0.2) is 0 Å². The Kier molecular flexibility index (Phi) is 15.3. The van der Waals surface area contributed by atoms with Gasteiger partial charge in [-0.3, -0.25) is 25.9 Å². The molecule has 0 bridgehead atoms. The van der Waals surface area contributed by atoms with Gasteiger partial charge in [0.2, 0.25) is 0 Å². The predicted molar refractivity (Wildman–Crippen MR) is 153 cm³/mol. The van der Waals surface area contributed by atoms with Crippen LogP contribution < -0.4 is 72.8 Å². The second kappa shape index (κ2) is 17.0. The number of amides is 3. The molecule has 3 amide bonds. The maximum absolute atomic E-state index is 12.5. The molecule has 2 aromatic carbocycles. The van der Waals surface area contributed by atoms with Crippen LogP contribution >= 0.6 is 0 Å². The van der Waals surface area contributed by atoms with Crippen molar-refractivity contribution >= 4 is 29.5 Å². The number of anilines is 2.